The molecule has 0 amide bonds. The highest BCUT2D eigenvalue weighted by atomic mass is 32.1. The van der Waals surface area contributed by atoms with Gasteiger partial charge in [0.25, 0.3) is 0 Å². The third-order valence-electron chi connectivity index (χ3n) is 1.32. The first-order valence-corrected chi connectivity index (χ1v) is 3.93. The summed E-state index contributed by atoms with van der Waals surface area (Å²) in [5, 5.41) is 8.36. The third kappa shape index (κ3) is 2.27. The van der Waals surface area contributed by atoms with Crippen LogP contribution in [0.15, 0.2) is 0 Å². The molecule has 0 saturated carbocycles. The number of aromatic nitrogens is 2. The van der Waals surface area contributed by atoms with E-state index in [9.17, 15) is 4.79 Å². The van der Waals surface area contributed by atoms with Crippen molar-refractivity contribution in [2.75, 3.05) is 0 Å². The van der Waals surface area contributed by atoms with Crippen molar-refractivity contribution in [3.63, 3.8) is 0 Å². The zero-order valence-electron chi connectivity index (χ0n) is 6.07. The van der Waals surface area contributed by atoms with Gasteiger partial charge in [-0.05, 0) is 6.92 Å². The van der Waals surface area contributed by atoms with Gasteiger partial charge in [0.1, 0.15) is 0 Å². The highest BCUT2D eigenvalue weighted by molar-refractivity contribution is 6.99. The zero-order chi connectivity index (χ0) is 8.27. The van der Waals surface area contributed by atoms with E-state index in [1.165, 1.54) is 0 Å². The van der Waals surface area contributed by atoms with Crippen molar-refractivity contribution in [1.29, 1.82) is 0 Å². The Morgan fingerprint density at radius 3 is 2.82 bits per heavy atom. The van der Waals surface area contributed by atoms with Crippen LogP contribution in [0.1, 0.15) is 17.8 Å². The zero-order valence-corrected chi connectivity index (χ0v) is 6.89. The second-order valence-corrected chi connectivity index (χ2v) is 2.72. The Labute approximate surface area is 68.2 Å². The average Bonchev–Trinajstić information content (AvgIpc) is 2.31. The fourth-order valence-corrected chi connectivity index (χ4v) is 1.29. The van der Waals surface area contributed by atoms with Gasteiger partial charge in [0.15, 0.2) is 0 Å². The summed E-state index contributed by atoms with van der Waals surface area (Å²) in [5.74, 6) is -0.794. The molecule has 0 atom stereocenters. The van der Waals surface area contributed by atoms with Crippen molar-refractivity contribution in [2.24, 2.45) is 0 Å². The lowest BCUT2D eigenvalue weighted by atomic mass is 10.2. The number of nitrogens with zero attached hydrogens (tertiary/aromatic N) is 2. The molecule has 0 aromatic carbocycles. The van der Waals surface area contributed by atoms with Crippen molar-refractivity contribution in [2.45, 2.75) is 19.8 Å². The SMILES string of the molecule is Cc1nsnc1CCC(=O)O. The van der Waals surface area contributed by atoms with Crippen LogP contribution in [0.5, 0.6) is 0 Å². The summed E-state index contributed by atoms with van der Waals surface area (Å²) in [4.78, 5) is 10.2. The number of carbonyl (C=O) groups is 1. The minimum Gasteiger partial charge on any atom is -0.481 e. The Balaban J connectivity index is 2.51. The van der Waals surface area contributed by atoms with Gasteiger partial charge in [-0.3, -0.25) is 4.79 Å². The standard InChI is InChI=1S/C6H8N2O2S/c1-4-5(8-11-7-4)2-3-6(9)10/h2-3H2,1H3,(H,9,10). The van der Waals surface area contributed by atoms with E-state index in [0.717, 1.165) is 23.1 Å². The maximum atomic E-state index is 10.2. The smallest absolute Gasteiger partial charge is 0.303 e. The summed E-state index contributed by atoms with van der Waals surface area (Å²) in [7, 11) is 0. The van der Waals surface area contributed by atoms with Gasteiger partial charge in [0.2, 0.25) is 0 Å². The Morgan fingerprint density at radius 1 is 1.64 bits per heavy atom. The summed E-state index contributed by atoms with van der Waals surface area (Å²) in [6, 6.07) is 0. The van der Waals surface area contributed by atoms with E-state index < -0.39 is 5.97 Å². The predicted octanol–water partition coefficient (Wildman–Crippen LogP) is 0.864. The van der Waals surface area contributed by atoms with E-state index in [4.69, 9.17) is 5.11 Å². The molecule has 0 aliphatic rings. The molecule has 1 rings (SSSR count). The van der Waals surface area contributed by atoms with E-state index in [-0.39, 0.29) is 6.42 Å². The van der Waals surface area contributed by atoms with Gasteiger partial charge >= 0.3 is 5.97 Å². The molecule has 0 bridgehead atoms. The summed E-state index contributed by atoms with van der Waals surface area (Å²) < 4.78 is 7.89. The Morgan fingerprint density at radius 2 is 2.36 bits per heavy atom. The maximum absolute atomic E-state index is 10.2. The van der Waals surface area contributed by atoms with E-state index in [0.29, 0.717) is 6.42 Å². The first kappa shape index (κ1) is 8.13. The van der Waals surface area contributed by atoms with Crippen molar-refractivity contribution in [3.05, 3.63) is 11.4 Å². The topological polar surface area (TPSA) is 63.1 Å². The molecule has 0 radical (unpaired) electrons. The molecule has 5 heteroatoms. The molecule has 0 aliphatic carbocycles. The highest BCUT2D eigenvalue weighted by Crippen LogP contribution is 2.06. The van der Waals surface area contributed by atoms with Gasteiger partial charge in [-0.15, -0.1) is 0 Å². The number of aryl methyl sites for hydroxylation is 2. The van der Waals surface area contributed by atoms with Gasteiger partial charge < -0.3 is 5.11 Å². The lowest BCUT2D eigenvalue weighted by Gasteiger charge is -1.91. The Hall–Kier alpha value is -0.970. The number of carboxylic acid groups (broad SMARTS) is 1. The number of hydrogen-bond donors (Lipinski definition) is 1. The molecule has 0 unspecified atom stereocenters. The van der Waals surface area contributed by atoms with Crippen molar-refractivity contribution >= 4 is 17.7 Å². The average molecular weight is 172 g/mol. The van der Waals surface area contributed by atoms with Gasteiger partial charge in [-0.2, -0.15) is 8.75 Å². The molecule has 1 aromatic heterocycles. The van der Waals surface area contributed by atoms with Crippen LogP contribution in [0.3, 0.4) is 0 Å². The molecule has 0 spiro atoms. The summed E-state index contributed by atoms with van der Waals surface area (Å²) in [6.45, 7) is 1.83. The van der Waals surface area contributed by atoms with Crippen molar-refractivity contribution in [3.8, 4) is 0 Å². The van der Waals surface area contributed by atoms with E-state index in [2.05, 4.69) is 8.75 Å². The maximum Gasteiger partial charge on any atom is 0.303 e. The lowest BCUT2D eigenvalue weighted by molar-refractivity contribution is -0.136. The third-order valence-corrected chi connectivity index (χ3v) is 1.98. The van der Waals surface area contributed by atoms with Crippen molar-refractivity contribution in [1.82, 2.24) is 8.75 Å². The summed E-state index contributed by atoms with van der Waals surface area (Å²) in [6.07, 6.45) is 0.615. The molecule has 4 nitrogen and oxygen atoms in total. The van der Waals surface area contributed by atoms with Crippen LogP contribution in [0.2, 0.25) is 0 Å². The van der Waals surface area contributed by atoms with Crippen LogP contribution in [0, 0.1) is 6.92 Å². The van der Waals surface area contributed by atoms with Crippen LogP contribution in [0.4, 0.5) is 0 Å². The molecular formula is C6H8N2O2S. The van der Waals surface area contributed by atoms with Gasteiger partial charge in [0, 0.05) is 6.42 Å². The molecular weight excluding hydrogens is 164 g/mol. The van der Waals surface area contributed by atoms with Gasteiger partial charge in [0.05, 0.1) is 29.5 Å². The number of rotatable bonds is 3. The largest absolute Gasteiger partial charge is 0.481 e. The van der Waals surface area contributed by atoms with E-state index in [1.54, 1.807) is 0 Å². The van der Waals surface area contributed by atoms with Crippen LogP contribution in [0.25, 0.3) is 0 Å². The monoisotopic (exact) mass is 172 g/mol. The molecule has 1 heterocycles. The fraction of sp³-hybridized carbons (Fsp3) is 0.500. The molecule has 0 saturated heterocycles. The molecule has 60 valence electrons. The number of aliphatic carboxylic acids is 1. The molecule has 0 fully saturated rings. The molecule has 1 aromatic rings. The van der Waals surface area contributed by atoms with E-state index in [1.807, 2.05) is 6.92 Å². The normalized spacial score (nSPS) is 9.91. The quantitative estimate of drug-likeness (QED) is 0.734. The van der Waals surface area contributed by atoms with Crippen LogP contribution in [-0.4, -0.2) is 19.8 Å². The summed E-state index contributed by atoms with van der Waals surface area (Å²) >= 11 is 1.12. The Kier molecular flexibility index (Phi) is 2.53. The van der Waals surface area contributed by atoms with Gasteiger partial charge in [-0.25, -0.2) is 0 Å². The molecule has 11 heavy (non-hydrogen) atoms. The second-order valence-electron chi connectivity index (χ2n) is 2.19. The first-order chi connectivity index (χ1) is 5.20. The fourth-order valence-electron chi connectivity index (χ4n) is 0.702. The minimum absolute atomic E-state index is 0.131. The Bertz CT molecular complexity index is 259. The number of carboxylic acids is 1. The van der Waals surface area contributed by atoms with Crippen LogP contribution >= 0.6 is 11.7 Å². The second kappa shape index (κ2) is 3.43. The lowest BCUT2D eigenvalue weighted by Crippen LogP contribution is -1.98. The van der Waals surface area contributed by atoms with Crippen LogP contribution in [-0.2, 0) is 11.2 Å². The highest BCUT2D eigenvalue weighted by Gasteiger charge is 2.04. The summed E-state index contributed by atoms with van der Waals surface area (Å²) in [5.41, 5.74) is 1.65. The van der Waals surface area contributed by atoms with Crippen molar-refractivity contribution < 1.29 is 9.90 Å². The van der Waals surface area contributed by atoms with Crippen LogP contribution < -0.4 is 0 Å². The first-order valence-electron chi connectivity index (χ1n) is 3.20. The molecule has 1 N–H and O–H groups in total. The van der Waals surface area contributed by atoms with E-state index >= 15 is 0 Å². The predicted molar refractivity (Wildman–Crippen MR) is 40.6 cm³/mol. The molecule has 0 aliphatic heterocycles. The minimum atomic E-state index is -0.794. The number of hydrogen-bond acceptors (Lipinski definition) is 4. The van der Waals surface area contributed by atoms with Gasteiger partial charge in [-0.1, -0.05) is 0 Å².